The largest absolute Gasteiger partial charge is 0.458 e. The molecule has 0 radical (unpaired) electrons. The third kappa shape index (κ3) is 2.53. The van der Waals surface area contributed by atoms with Crippen LogP contribution in [-0.4, -0.2) is 6.71 Å². The van der Waals surface area contributed by atoms with Gasteiger partial charge in [-0.15, -0.1) is 0 Å². The van der Waals surface area contributed by atoms with Gasteiger partial charge in [0.05, 0.1) is 0 Å². The van der Waals surface area contributed by atoms with Gasteiger partial charge in [-0.2, -0.15) is 0 Å². The van der Waals surface area contributed by atoms with Crippen LogP contribution in [0.5, 0.6) is 34.5 Å². The van der Waals surface area contributed by atoms with Gasteiger partial charge in [0.25, 0.3) is 6.71 Å². The number of benzene rings is 4. The maximum Gasteiger partial charge on any atom is 0.260 e. The summed E-state index contributed by atoms with van der Waals surface area (Å²) < 4.78 is 18.6. The smallest absolute Gasteiger partial charge is 0.260 e. The molecule has 138 valence electrons. The summed E-state index contributed by atoms with van der Waals surface area (Å²) in [7, 11) is 0. The number of fused-ring (bicyclic) bond motifs is 4. The summed E-state index contributed by atoms with van der Waals surface area (Å²) in [5.41, 5.74) is 4.41. The highest BCUT2D eigenvalue weighted by Crippen LogP contribution is 2.35. The highest BCUT2D eigenvalue weighted by molar-refractivity contribution is 6.98. The zero-order valence-corrected chi connectivity index (χ0v) is 15.9. The van der Waals surface area contributed by atoms with Gasteiger partial charge in [0.1, 0.15) is 34.5 Å². The van der Waals surface area contributed by atoms with Gasteiger partial charge in [-0.3, -0.25) is 0 Å². The highest BCUT2D eigenvalue weighted by atomic mass is 16.5. The summed E-state index contributed by atoms with van der Waals surface area (Å²) in [6, 6.07) is 28.3. The molecule has 2 aliphatic heterocycles. The van der Waals surface area contributed by atoms with Crippen LogP contribution < -0.4 is 30.6 Å². The molecule has 29 heavy (non-hydrogen) atoms. The first-order valence-corrected chi connectivity index (χ1v) is 9.73. The molecule has 0 unspecified atom stereocenters. The number of hydrogen-bond acceptors (Lipinski definition) is 3. The maximum atomic E-state index is 6.23. The van der Waals surface area contributed by atoms with Crippen molar-refractivity contribution in [3.05, 3.63) is 90.5 Å². The second kappa shape index (κ2) is 6.18. The zero-order valence-electron chi connectivity index (χ0n) is 15.9. The van der Waals surface area contributed by atoms with Crippen LogP contribution in [0.4, 0.5) is 0 Å². The normalized spacial score (nSPS) is 12.8. The van der Waals surface area contributed by atoms with E-state index < -0.39 is 0 Å². The molecule has 0 spiro atoms. The van der Waals surface area contributed by atoms with Crippen molar-refractivity contribution in [3.8, 4) is 34.5 Å². The van der Waals surface area contributed by atoms with Crippen molar-refractivity contribution in [1.29, 1.82) is 0 Å². The maximum absolute atomic E-state index is 6.23. The Hall–Kier alpha value is -3.66. The summed E-state index contributed by atoms with van der Waals surface area (Å²) in [5, 5.41) is 0. The summed E-state index contributed by atoms with van der Waals surface area (Å²) in [5.74, 6) is 5.10. The average Bonchev–Trinajstić information content (AvgIpc) is 2.75. The molecule has 0 aliphatic carbocycles. The standard InChI is InChI=1S/C25H17BO3/c1-16-7-2-4-9-20(16)27-17-13-14-22-19(15-17)26-18-8-3-5-10-21(18)28-23-11-6-12-24(29-22)25(23)26/h2-15H,1H3. The minimum absolute atomic E-state index is 0.0512. The summed E-state index contributed by atoms with van der Waals surface area (Å²) in [4.78, 5) is 0. The summed E-state index contributed by atoms with van der Waals surface area (Å²) >= 11 is 0. The number of para-hydroxylation sites is 2. The second-order valence-corrected chi connectivity index (χ2v) is 7.41. The molecule has 0 saturated carbocycles. The number of ether oxygens (including phenoxy) is 3. The average molecular weight is 376 g/mol. The second-order valence-electron chi connectivity index (χ2n) is 7.41. The van der Waals surface area contributed by atoms with Crippen molar-refractivity contribution >= 4 is 23.1 Å². The van der Waals surface area contributed by atoms with E-state index in [0.29, 0.717) is 0 Å². The lowest BCUT2D eigenvalue weighted by Gasteiger charge is -2.32. The molecule has 0 amide bonds. The van der Waals surface area contributed by atoms with E-state index >= 15 is 0 Å². The van der Waals surface area contributed by atoms with Gasteiger partial charge >= 0.3 is 0 Å². The number of rotatable bonds is 2. The van der Waals surface area contributed by atoms with E-state index in [1.54, 1.807) is 0 Å². The Morgan fingerprint density at radius 3 is 2.17 bits per heavy atom. The van der Waals surface area contributed by atoms with E-state index in [-0.39, 0.29) is 6.71 Å². The lowest BCUT2D eigenvalue weighted by atomic mass is 9.35. The molecular formula is C25H17BO3. The van der Waals surface area contributed by atoms with Crippen molar-refractivity contribution in [2.75, 3.05) is 0 Å². The predicted octanol–water partition coefficient (Wildman–Crippen LogP) is 4.51. The summed E-state index contributed by atoms with van der Waals surface area (Å²) in [6.07, 6.45) is 0. The Morgan fingerprint density at radius 2 is 1.34 bits per heavy atom. The predicted molar refractivity (Wildman–Crippen MR) is 115 cm³/mol. The molecule has 0 saturated heterocycles. The zero-order chi connectivity index (χ0) is 19.4. The van der Waals surface area contributed by atoms with Crippen LogP contribution in [0.15, 0.2) is 84.9 Å². The molecule has 6 rings (SSSR count). The molecular weight excluding hydrogens is 359 g/mol. The molecule has 2 heterocycles. The minimum Gasteiger partial charge on any atom is -0.458 e. The first-order chi connectivity index (χ1) is 14.3. The van der Waals surface area contributed by atoms with Gasteiger partial charge in [-0.25, -0.2) is 0 Å². The Balaban J connectivity index is 1.51. The van der Waals surface area contributed by atoms with Gasteiger partial charge in [0.15, 0.2) is 0 Å². The molecule has 0 aromatic heterocycles. The third-order valence-electron chi connectivity index (χ3n) is 5.60. The fourth-order valence-corrected chi connectivity index (χ4v) is 4.22. The molecule has 0 fully saturated rings. The molecule has 4 aromatic carbocycles. The molecule has 4 aromatic rings. The topological polar surface area (TPSA) is 27.7 Å². The lowest BCUT2D eigenvalue weighted by Crippen LogP contribution is -2.57. The van der Waals surface area contributed by atoms with Crippen LogP contribution >= 0.6 is 0 Å². The summed E-state index contributed by atoms with van der Waals surface area (Å²) in [6.45, 7) is 2.10. The first-order valence-electron chi connectivity index (χ1n) is 9.73. The van der Waals surface area contributed by atoms with Crippen molar-refractivity contribution < 1.29 is 14.2 Å². The number of aryl methyl sites for hydroxylation is 1. The number of hydrogen-bond donors (Lipinski definition) is 0. The molecule has 4 heteroatoms. The van der Waals surface area contributed by atoms with Crippen LogP contribution in [0, 0.1) is 6.92 Å². The van der Waals surface area contributed by atoms with Gasteiger partial charge in [0.2, 0.25) is 0 Å². The minimum atomic E-state index is 0.0512. The molecule has 0 bridgehead atoms. The SMILES string of the molecule is Cc1ccccc1Oc1ccc2c(c1)B1c3ccccc3Oc3cccc(c31)O2. The third-order valence-corrected chi connectivity index (χ3v) is 5.60. The molecule has 2 aliphatic rings. The fourth-order valence-electron chi connectivity index (χ4n) is 4.22. The lowest BCUT2D eigenvalue weighted by molar-refractivity contribution is 0.459. The van der Waals surface area contributed by atoms with Crippen LogP contribution in [0.25, 0.3) is 0 Å². The van der Waals surface area contributed by atoms with Crippen LogP contribution in [0.2, 0.25) is 0 Å². The molecule has 0 atom stereocenters. The Labute approximate surface area is 169 Å². The van der Waals surface area contributed by atoms with E-state index in [4.69, 9.17) is 14.2 Å². The first kappa shape index (κ1) is 16.3. The monoisotopic (exact) mass is 376 g/mol. The van der Waals surface area contributed by atoms with E-state index in [9.17, 15) is 0 Å². The van der Waals surface area contributed by atoms with Gasteiger partial charge in [0, 0.05) is 5.46 Å². The van der Waals surface area contributed by atoms with Crippen LogP contribution in [0.3, 0.4) is 0 Å². The molecule has 3 nitrogen and oxygen atoms in total. The van der Waals surface area contributed by atoms with Crippen molar-refractivity contribution in [1.82, 2.24) is 0 Å². The van der Waals surface area contributed by atoms with E-state index in [2.05, 4.69) is 18.2 Å². The molecule has 0 N–H and O–H groups in total. The van der Waals surface area contributed by atoms with Gasteiger partial charge in [-0.05, 0) is 65.9 Å². The van der Waals surface area contributed by atoms with E-state index in [1.807, 2.05) is 73.7 Å². The Morgan fingerprint density at radius 1 is 0.655 bits per heavy atom. The van der Waals surface area contributed by atoms with Crippen molar-refractivity contribution in [2.24, 2.45) is 0 Å². The van der Waals surface area contributed by atoms with Gasteiger partial charge in [-0.1, -0.05) is 42.5 Å². The fraction of sp³-hybridized carbons (Fsp3) is 0.0400. The van der Waals surface area contributed by atoms with E-state index in [1.165, 1.54) is 0 Å². The van der Waals surface area contributed by atoms with Gasteiger partial charge < -0.3 is 14.2 Å². The van der Waals surface area contributed by atoms with E-state index in [0.717, 1.165) is 56.4 Å². The quantitative estimate of drug-likeness (QED) is 0.416. The Bertz CT molecular complexity index is 1250. The van der Waals surface area contributed by atoms with Crippen LogP contribution in [-0.2, 0) is 0 Å². The van der Waals surface area contributed by atoms with Crippen molar-refractivity contribution in [2.45, 2.75) is 6.92 Å². The Kier molecular flexibility index (Phi) is 3.47. The van der Waals surface area contributed by atoms with Crippen molar-refractivity contribution in [3.63, 3.8) is 0 Å². The highest BCUT2D eigenvalue weighted by Gasteiger charge is 2.39. The van der Waals surface area contributed by atoms with Crippen LogP contribution in [0.1, 0.15) is 5.56 Å².